The van der Waals surface area contributed by atoms with Crippen molar-refractivity contribution in [2.75, 3.05) is 5.32 Å². The van der Waals surface area contributed by atoms with E-state index in [9.17, 15) is 4.79 Å². The summed E-state index contributed by atoms with van der Waals surface area (Å²) in [5.74, 6) is -0.923. The lowest BCUT2D eigenvalue weighted by Crippen LogP contribution is -1.97. The Morgan fingerprint density at radius 2 is 1.85 bits per heavy atom. The van der Waals surface area contributed by atoms with E-state index in [1.165, 1.54) is 0 Å². The summed E-state index contributed by atoms with van der Waals surface area (Å²) in [6.07, 6.45) is 3.56. The van der Waals surface area contributed by atoms with E-state index in [2.05, 4.69) is 10.3 Å². The quantitative estimate of drug-likeness (QED) is 0.757. The highest BCUT2D eigenvalue weighted by Crippen LogP contribution is 2.25. The molecule has 0 saturated heterocycles. The summed E-state index contributed by atoms with van der Waals surface area (Å²) in [7, 11) is 0. The minimum absolute atomic E-state index is 0.276. The molecule has 0 fully saturated rings. The molecule has 1 aromatic heterocycles. The third-order valence-corrected chi connectivity index (χ3v) is 3.09. The van der Waals surface area contributed by atoms with Gasteiger partial charge in [-0.15, -0.1) is 0 Å². The van der Waals surface area contributed by atoms with Gasteiger partial charge in [-0.1, -0.05) is 12.1 Å². The standard InChI is InChI=1S/C16H12N2O2/c19-16(20)11-4-6-13(7-5-11)18-15-3-1-2-12-10-17-9-8-14(12)15/h1-10,18H,(H,19,20). The molecular formula is C16H12N2O2. The Labute approximate surface area is 115 Å². The summed E-state index contributed by atoms with van der Waals surface area (Å²) in [6, 6.07) is 14.6. The van der Waals surface area contributed by atoms with E-state index in [4.69, 9.17) is 5.11 Å². The predicted molar refractivity (Wildman–Crippen MR) is 78.4 cm³/mol. The number of benzene rings is 2. The maximum atomic E-state index is 10.8. The van der Waals surface area contributed by atoms with Crippen molar-refractivity contribution >= 4 is 28.1 Å². The van der Waals surface area contributed by atoms with E-state index in [0.29, 0.717) is 0 Å². The first kappa shape index (κ1) is 12.2. The monoisotopic (exact) mass is 264 g/mol. The fourth-order valence-corrected chi connectivity index (χ4v) is 2.08. The Bertz CT molecular complexity index is 762. The van der Waals surface area contributed by atoms with Crippen molar-refractivity contribution in [1.29, 1.82) is 0 Å². The zero-order chi connectivity index (χ0) is 13.9. The SMILES string of the molecule is O=C(O)c1ccc(Nc2cccc3cnccc23)cc1. The van der Waals surface area contributed by atoms with Crippen LogP contribution in [0.25, 0.3) is 10.8 Å². The van der Waals surface area contributed by atoms with Crippen LogP contribution in [-0.4, -0.2) is 16.1 Å². The van der Waals surface area contributed by atoms with E-state index in [1.807, 2.05) is 30.5 Å². The van der Waals surface area contributed by atoms with E-state index < -0.39 is 5.97 Å². The number of carbonyl (C=O) groups is 1. The highest BCUT2D eigenvalue weighted by molar-refractivity contribution is 5.95. The summed E-state index contributed by atoms with van der Waals surface area (Å²) in [5, 5.41) is 14.3. The van der Waals surface area contributed by atoms with Gasteiger partial charge in [0.1, 0.15) is 0 Å². The van der Waals surface area contributed by atoms with Gasteiger partial charge in [0, 0.05) is 34.5 Å². The van der Waals surface area contributed by atoms with Crippen LogP contribution >= 0.6 is 0 Å². The fraction of sp³-hybridized carbons (Fsp3) is 0. The van der Waals surface area contributed by atoms with E-state index >= 15 is 0 Å². The molecule has 0 spiro atoms. The minimum Gasteiger partial charge on any atom is -0.478 e. The third kappa shape index (κ3) is 2.31. The Morgan fingerprint density at radius 3 is 2.60 bits per heavy atom. The number of anilines is 2. The van der Waals surface area contributed by atoms with Crippen molar-refractivity contribution in [3.63, 3.8) is 0 Å². The highest BCUT2D eigenvalue weighted by Gasteiger charge is 2.03. The normalized spacial score (nSPS) is 10.4. The summed E-state index contributed by atoms with van der Waals surface area (Å²) in [6.45, 7) is 0. The zero-order valence-corrected chi connectivity index (χ0v) is 10.6. The first-order valence-electron chi connectivity index (χ1n) is 6.17. The second-order valence-corrected chi connectivity index (χ2v) is 4.41. The lowest BCUT2D eigenvalue weighted by molar-refractivity contribution is 0.0697. The molecule has 4 heteroatoms. The number of hydrogen-bond donors (Lipinski definition) is 2. The zero-order valence-electron chi connectivity index (χ0n) is 10.6. The Hall–Kier alpha value is -2.88. The van der Waals surface area contributed by atoms with Gasteiger partial charge in [-0.3, -0.25) is 4.98 Å². The number of carboxylic acids is 1. The van der Waals surface area contributed by atoms with Crippen LogP contribution in [0.2, 0.25) is 0 Å². The highest BCUT2D eigenvalue weighted by atomic mass is 16.4. The van der Waals surface area contributed by atoms with Crippen molar-refractivity contribution in [2.24, 2.45) is 0 Å². The molecule has 3 rings (SSSR count). The van der Waals surface area contributed by atoms with Crippen LogP contribution < -0.4 is 5.32 Å². The maximum absolute atomic E-state index is 10.8. The van der Waals surface area contributed by atoms with Crippen LogP contribution in [0.1, 0.15) is 10.4 Å². The Balaban J connectivity index is 1.95. The summed E-state index contributed by atoms with van der Waals surface area (Å²) in [4.78, 5) is 14.9. The summed E-state index contributed by atoms with van der Waals surface area (Å²) >= 11 is 0. The number of hydrogen-bond acceptors (Lipinski definition) is 3. The van der Waals surface area contributed by atoms with E-state index in [1.54, 1.807) is 30.5 Å². The molecule has 0 aliphatic carbocycles. The van der Waals surface area contributed by atoms with Crippen molar-refractivity contribution in [1.82, 2.24) is 4.98 Å². The number of pyridine rings is 1. The molecule has 0 aliphatic rings. The van der Waals surface area contributed by atoms with Crippen LogP contribution in [0.3, 0.4) is 0 Å². The maximum Gasteiger partial charge on any atom is 0.335 e. The second-order valence-electron chi connectivity index (χ2n) is 4.41. The minimum atomic E-state index is -0.923. The van der Waals surface area contributed by atoms with Gasteiger partial charge >= 0.3 is 5.97 Å². The van der Waals surface area contributed by atoms with Crippen molar-refractivity contribution in [2.45, 2.75) is 0 Å². The number of nitrogens with zero attached hydrogens (tertiary/aromatic N) is 1. The number of nitrogens with one attached hydrogen (secondary N) is 1. The lowest BCUT2D eigenvalue weighted by atomic mass is 10.1. The molecule has 3 aromatic rings. The van der Waals surface area contributed by atoms with E-state index in [-0.39, 0.29) is 5.56 Å². The average Bonchev–Trinajstić information content (AvgIpc) is 2.48. The smallest absolute Gasteiger partial charge is 0.335 e. The molecule has 0 amide bonds. The number of rotatable bonds is 3. The van der Waals surface area contributed by atoms with Gasteiger partial charge in [0.2, 0.25) is 0 Å². The van der Waals surface area contributed by atoms with Gasteiger partial charge in [0.15, 0.2) is 0 Å². The van der Waals surface area contributed by atoms with Crippen molar-refractivity contribution in [3.05, 3.63) is 66.5 Å². The van der Waals surface area contributed by atoms with Crippen LogP contribution in [0.4, 0.5) is 11.4 Å². The van der Waals surface area contributed by atoms with Crippen LogP contribution in [0, 0.1) is 0 Å². The van der Waals surface area contributed by atoms with Gasteiger partial charge in [0.25, 0.3) is 0 Å². The first-order chi connectivity index (χ1) is 9.74. The summed E-state index contributed by atoms with van der Waals surface area (Å²) in [5.41, 5.74) is 2.09. The Morgan fingerprint density at radius 1 is 1.05 bits per heavy atom. The van der Waals surface area contributed by atoms with Gasteiger partial charge < -0.3 is 10.4 Å². The molecule has 0 radical (unpaired) electrons. The van der Waals surface area contributed by atoms with Gasteiger partial charge in [-0.2, -0.15) is 0 Å². The van der Waals surface area contributed by atoms with Gasteiger partial charge in [0.05, 0.1) is 5.56 Å². The van der Waals surface area contributed by atoms with Crippen molar-refractivity contribution in [3.8, 4) is 0 Å². The van der Waals surface area contributed by atoms with Gasteiger partial charge in [-0.25, -0.2) is 4.79 Å². The lowest BCUT2D eigenvalue weighted by Gasteiger charge is -2.09. The number of aromatic nitrogens is 1. The molecular weight excluding hydrogens is 252 g/mol. The summed E-state index contributed by atoms with van der Waals surface area (Å²) < 4.78 is 0. The molecule has 4 nitrogen and oxygen atoms in total. The van der Waals surface area contributed by atoms with Crippen LogP contribution in [0.5, 0.6) is 0 Å². The largest absolute Gasteiger partial charge is 0.478 e. The average molecular weight is 264 g/mol. The van der Waals surface area contributed by atoms with Crippen molar-refractivity contribution < 1.29 is 9.90 Å². The number of aromatic carboxylic acids is 1. The van der Waals surface area contributed by atoms with Gasteiger partial charge in [-0.05, 0) is 36.4 Å². The molecule has 98 valence electrons. The van der Waals surface area contributed by atoms with E-state index in [0.717, 1.165) is 22.1 Å². The molecule has 2 N–H and O–H groups in total. The molecule has 2 aromatic carbocycles. The molecule has 0 saturated carbocycles. The molecule has 0 unspecified atom stereocenters. The number of fused-ring (bicyclic) bond motifs is 1. The topological polar surface area (TPSA) is 62.2 Å². The number of carboxylic acid groups (broad SMARTS) is 1. The van der Waals surface area contributed by atoms with Crippen LogP contribution in [0.15, 0.2) is 60.9 Å². The molecule has 0 aliphatic heterocycles. The Kier molecular flexibility index (Phi) is 3.05. The molecule has 1 heterocycles. The molecule has 0 atom stereocenters. The molecule has 20 heavy (non-hydrogen) atoms. The molecule has 0 bridgehead atoms. The predicted octanol–water partition coefficient (Wildman–Crippen LogP) is 3.68. The van der Waals surface area contributed by atoms with Crippen LogP contribution in [-0.2, 0) is 0 Å². The third-order valence-electron chi connectivity index (χ3n) is 3.09. The fourth-order valence-electron chi connectivity index (χ4n) is 2.08. The second kappa shape index (κ2) is 5.01. The first-order valence-corrected chi connectivity index (χ1v) is 6.17.